The second-order valence-electron chi connectivity index (χ2n) is 5.88. The summed E-state index contributed by atoms with van der Waals surface area (Å²) in [4.78, 5) is 16.6. The Labute approximate surface area is 127 Å². The Morgan fingerprint density at radius 1 is 1.32 bits per heavy atom. The molecule has 1 aromatic heterocycles. The third-order valence-electron chi connectivity index (χ3n) is 4.44. The van der Waals surface area contributed by atoms with Crippen LogP contribution in [0.25, 0.3) is 0 Å². The number of ketones is 1. The van der Waals surface area contributed by atoms with Crippen LogP contribution < -0.4 is 5.32 Å². The Morgan fingerprint density at radius 3 is 2.86 bits per heavy atom. The van der Waals surface area contributed by atoms with Crippen LogP contribution in [0, 0.1) is 0 Å². The summed E-state index contributed by atoms with van der Waals surface area (Å²) in [6, 6.07) is 9.27. The Kier molecular flexibility index (Phi) is 3.26. The van der Waals surface area contributed by atoms with Gasteiger partial charge < -0.3 is 5.32 Å². The highest BCUT2D eigenvalue weighted by Crippen LogP contribution is 2.39. The molecule has 2 aliphatic rings. The Balaban J connectivity index is 1.67. The van der Waals surface area contributed by atoms with E-state index in [1.807, 2.05) is 30.3 Å². The largest absolute Gasteiger partial charge is 0.307 e. The molecule has 1 saturated heterocycles. The van der Waals surface area contributed by atoms with Crippen molar-refractivity contribution in [1.29, 1.82) is 0 Å². The average molecular weight is 300 g/mol. The topological polar surface area (TPSA) is 59.8 Å². The van der Waals surface area contributed by atoms with Crippen molar-refractivity contribution in [2.45, 2.75) is 37.5 Å². The molecule has 2 aromatic rings. The first-order valence-electron chi connectivity index (χ1n) is 7.67. The number of nitrogens with one attached hydrogen (secondary N) is 1. The summed E-state index contributed by atoms with van der Waals surface area (Å²) < 4.78 is 15.8. The molecule has 1 unspecified atom stereocenters. The van der Waals surface area contributed by atoms with Crippen molar-refractivity contribution < 1.29 is 9.18 Å². The molecule has 1 fully saturated rings. The summed E-state index contributed by atoms with van der Waals surface area (Å²) in [5, 5.41) is 7.46. The van der Waals surface area contributed by atoms with E-state index in [9.17, 15) is 9.18 Å². The molecule has 0 saturated carbocycles. The lowest BCUT2D eigenvalue weighted by Crippen LogP contribution is -2.31. The molecule has 1 aromatic carbocycles. The monoisotopic (exact) mass is 300 g/mol. The number of rotatable bonds is 3. The van der Waals surface area contributed by atoms with Gasteiger partial charge in [-0.1, -0.05) is 30.3 Å². The summed E-state index contributed by atoms with van der Waals surface area (Å²) in [6.45, 7) is 0.836. The van der Waals surface area contributed by atoms with E-state index in [4.69, 9.17) is 0 Å². The number of fused-ring (bicyclic) bond motifs is 1. The molecule has 0 amide bonds. The van der Waals surface area contributed by atoms with Crippen LogP contribution in [-0.4, -0.2) is 33.1 Å². The zero-order valence-electron chi connectivity index (χ0n) is 12.1. The van der Waals surface area contributed by atoms with E-state index in [0.29, 0.717) is 6.42 Å². The summed E-state index contributed by atoms with van der Waals surface area (Å²) in [5.41, 5.74) is 0.992. The van der Waals surface area contributed by atoms with Crippen LogP contribution in [0.5, 0.6) is 0 Å². The molecule has 4 rings (SSSR count). The number of carbonyl (C=O) groups is 1. The second-order valence-corrected chi connectivity index (χ2v) is 5.88. The van der Waals surface area contributed by atoms with Crippen LogP contribution >= 0.6 is 0 Å². The minimum atomic E-state index is -1.17. The number of halogens is 1. The van der Waals surface area contributed by atoms with E-state index in [2.05, 4.69) is 15.4 Å². The van der Waals surface area contributed by atoms with Crippen LogP contribution in [0.3, 0.4) is 0 Å². The van der Waals surface area contributed by atoms with E-state index >= 15 is 0 Å². The van der Waals surface area contributed by atoms with Crippen molar-refractivity contribution >= 4 is 5.78 Å². The van der Waals surface area contributed by atoms with Crippen LogP contribution in [0.2, 0.25) is 0 Å². The maximum absolute atomic E-state index is 14.3. The van der Waals surface area contributed by atoms with Crippen molar-refractivity contribution in [3.05, 3.63) is 47.5 Å². The highest BCUT2D eigenvalue weighted by molar-refractivity contribution is 5.97. The van der Waals surface area contributed by atoms with Gasteiger partial charge in [-0.3, -0.25) is 4.79 Å². The predicted molar refractivity (Wildman–Crippen MR) is 78.4 cm³/mol. The first kappa shape index (κ1) is 13.6. The van der Waals surface area contributed by atoms with Gasteiger partial charge in [0, 0.05) is 6.42 Å². The van der Waals surface area contributed by atoms with Gasteiger partial charge in [0.05, 0.1) is 12.1 Å². The Hall–Kier alpha value is -2.08. The van der Waals surface area contributed by atoms with Crippen LogP contribution in [0.1, 0.15) is 53.5 Å². The van der Waals surface area contributed by atoms with Gasteiger partial charge in [0.1, 0.15) is 0 Å². The number of carbonyl (C=O) groups excluding carboxylic acids is 1. The fourth-order valence-corrected chi connectivity index (χ4v) is 3.30. The number of hydrogen-bond donors (Lipinski definition) is 1. The third-order valence-corrected chi connectivity index (χ3v) is 4.44. The molecule has 6 heteroatoms. The standard InChI is InChI=1S/C16H17FN4O/c17-11-9-13(10-5-2-1-3-6-10)21-16(11)19-15(20-21)14(22)12-7-4-8-18-12/h1-3,5-6,11-13,18H,4,7-9H2/t11-,12?,13-/m0/s1. The number of nitrogens with zero attached hydrogens (tertiary/aromatic N) is 3. The van der Waals surface area contributed by atoms with Gasteiger partial charge in [-0.15, -0.1) is 5.10 Å². The van der Waals surface area contributed by atoms with Crippen LogP contribution in [-0.2, 0) is 0 Å². The smallest absolute Gasteiger partial charge is 0.219 e. The maximum atomic E-state index is 14.3. The minimum Gasteiger partial charge on any atom is -0.307 e. The highest BCUT2D eigenvalue weighted by atomic mass is 19.1. The molecule has 1 N–H and O–H groups in total. The van der Waals surface area contributed by atoms with Crippen molar-refractivity contribution in [2.24, 2.45) is 0 Å². The first-order chi connectivity index (χ1) is 10.7. The van der Waals surface area contributed by atoms with Crippen LogP contribution in [0.4, 0.5) is 4.39 Å². The summed E-state index contributed by atoms with van der Waals surface area (Å²) in [7, 11) is 0. The zero-order valence-corrected chi connectivity index (χ0v) is 12.1. The summed E-state index contributed by atoms with van der Waals surface area (Å²) >= 11 is 0. The molecule has 0 bridgehead atoms. The SMILES string of the molecule is O=C(c1nc2n(n1)[C@H](c1ccccc1)C[C@@H]2F)C1CCCN1. The minimum absolute atomic E-state index is 0.126. The number of benzene rings is 1. The van der Waals surface area contributed by atoms with Crippen LogP contribution in [0.15, 0.2) is 30.3 Å². The predicted octanol–water partition coefficient (Wildman–Crippen LogP) is 2.22. The van der Waals surface area contributed by atoms with E-state index in [1.165, 1.54) is 0 Å². The molecule has 22 heavy (non-hydrogen) atoms. The van der Waals surface area contributed by atoms with E-state index in [0.717, 1.165) is 24.9 Å². The number of aromatic nitrogens is 3. The molecule has 0 radical (unpaired) electrons. The van der Waals surface area contributed by atoms with Crippen molar-refractivity contribution in [3.63, 3.8) is 0 Å². The van der Waals surface area contributed by atoms with E-state index in [-0.39, 0.29) is 29.5 Å². The van der Waals surface area contributed by atoms with Gasteiger partial charge in [-0.25, -0.2) is 14.1 Å². The number of alkyl halides is 1. The molecule has 3 heterocycles. The molecule has 3 atom stereocenters. The number of hydrogen-bond acceptors (Lipinski definition) is 4. The van der Waals surface area contributed by atoms with Gasteiger partial charge in [-0.2, -0.15) is 0 Å². The van der Waals surface area contributed by atoms with Gasteiger partial charge in [0.2, 0.25) is 11.6 Å². The Morgan fingerprint density at radius 2 is 2.14 bits per heavy atom. The molecule has 0 spiro atoms. The second kappa shape index (κ2) is 5.28. The third kappa shape index (κ3) is 2.14. The lowest BCUT2D eigenvalue weighted by atomic mass is 10.0. The lowest BCUT2D eigenvalue weighted by Gasteiger charge is -2.11. The van der Waals surface area contributed by atoms with Gasteiger partial charge in [-0.05, 0) is 24.9 Å². The van der Waals surface area contributed by atoms with Crippen molar-refractivity contribution in [1.82, 2.24) is 20.1 Å². The van der Waals surface area contributed by atoms with Gasteiger partial charge >= 0.3 is 0 Å². The molecular formula is C16H17FN4O. The highest BCUT2D eigenvalue weighted by Gasteiger charge is 2.37. The summed E-state index contributed by atoms with van der Waals surface area (Å²) in [6.07, 6.45) is 0.928. The zero-order chi connectivity index (χ0) is 15.1. The first-order valence-corrected chi connectivity index (χ1v) is 7.67. The molecule has 0 aliphatic carbocycles. The lowest BCUT2D eigenvalue weighted by molar-refractivity contribution is 0.0941. The van der Waals surface area contributed by atoms with E-state index in [1.54, 1.807) is 4.68 Å². The average Bonchev–Trinajstić information content (AvgIpc) is 3.25. The molecular weight excluding hydrogens is 283 g/mol. The van der Waals surface area contributed by atoms with Crippen molar-refractivity contribution in [2.75, 3.05) is 6.54 Å². The normalized spacial score (nSPS) is 27.0. The van der Waals surface area contributed by atoms with Gasteiger partial charge in [0.15, 0.2) is 12.0 Å². The molecule has 2 aliphatic heterocycles. The van der Waals surface area contributed by atoms with E-state index < -0.39 is 6.17 Å². The number of Topliss-reactive ketones (excluding diaryl/α,β-unsaturated/α-hetero) is 1. The Bertz CT molecular complexity index is 693. The van der Waals surface area contributed by atoms with Crippen molar-refractivity contribution in [3.8, 4) is 0 Å². The molecule has 114 valence electrons. The fourth-order valence-electron chi connectivity index (χ4n) is 3.30. The quantitative estimate of drug-likeness (QED) is 0.883. The molecule has 5 nitrogen and oxygen atoms in total. The summed E-state index contributed by atoms with van der Waals surface area (Å²) in [5.74, 6) is 0.284. The van der Waals surface area contributed by atoms with Gasteiger partial charge in [0.25, 0.3) is 0 Å². The fraction of sp³-hybridized carbons (Fsp3) is 0.438. The maximum Gasteiger partial charge on any atom is 0.219 e.